The van der Waals surface area contributed by atoms with Gasteiger partial charge in [-0.05, 0) is 55.4 Å². The zero-order valence-electron chi connectivity index (χ0n) is 12.2. The van der Waals surface area contributed by atoms with Crippen molar-refractivity contribution < 1.29 is 4.74 Å². The molecule has 0 amide bonds. The van der Waals surface area contributed by atoms with Crippen LogP contribution in [0.3, 0.4) is 0 Å². The van der Waals surface area contributed by atoms with Gasteiger partial charge in [0.05, 0.1) is 6.61 Å². The van der Waals surface area contributed by atoms with Crippen LogP contribution in [-0.2, 0) is 0 Å². The highest BCUT2D eigenvalue weighted by Gasteiger charge is 2.07. The van der Waals surface area contributed by atoms with Crippen molar-refractivity contribution in [3.63, 3.8) is 0 Å². The summed E-state index contributed by atoms with van der Waals surface area (Å²) in [6, 6.07) is 6.47. The van der Waals surface area contributed by atoms with Crippen LogP contribution in [0.1, 0.15) is 57.1 Å². The van der Waals surface area contributed by atoms with Crippen LogP contribution < -0.4 is 4.74 Å². The van der Waals surface area contributed by atoms with Gasteiger partial charge >= 0.3 is 0 Å². The normalized spacial score (nSPS) is 12.9. The molecule has 1 aromatic rings. The first-order valence-electron chi connectivity index (χ1n) is 7.07. The molecule has 0 fully saturated rings. The first-order valence-corrected chi connectivity index (χ1v) is 7.07. The molecular weight excluding hydrogens is 220 g/mol. The smallest absolute Gasteiger partial charge is 0.119 e. The molecule has 0 heterocycles. The van der Waals surface area contributed by atoms with E-state index in [1.807, 2.05) is 0 Å². The van der Waals surface area contributed by atoms with E-state index >= 15 is 0 Å². The van der Waals surface area contributed by atoms with Gasteiger partial charge in [-0.1, -0.05) is 39.0 Å². The molecule has 1 atom stereocenters. The molecule has 1 rings (SSSR count). The van der Waals surface area contributed by atoms with Gasteiger partial charge in [0, 0.05) is 0 Å². The standard InChI is InChI=1S/C17H26O/c1-5-7-8-9-14(3)17-11-10-16(13-15(17)4)18-12-6-2/h7-8,10-11,13-14H,5-6,9,12H2,1-4H3/b8-7-. The molecule has 1 aromatic carbocycles. The van der Waals surface area contributed by atoms with E-state index in [9.17, 15) is 0 Å². The van der Waals surface area contributed by atoms with Gasteiger partial charge in [-0.3, -0.25) is 0 Å². The molecule has 0 bridgehead atoms. The molecule has 0 N–H and O–H groups in total. The van der Waals surface area contributed by atoms with Crippen LogP contribution in [0.2, 0.25) is 0 Å². The van der Waals surface area contributed by atoms with Crippen molar-refractivity contribution in [1.82, 2.24) is 0 Å². The number of benzene rings is 1. The van der Waals surface area contributed by atoms with Crippen molar-refractivity contribution in [1.29, 1.82) is 0 Å². The average Bonchev–Trinajstić information content (AvgIpc) is 2.36. The number of allylic oxidation sites excluding steroid dienone is 2. The largest absolute Gasteiger partial charge is 0.494 e. The van der Waals surface area contributed by atoms with E-state index in [4.69, 9.17) is 4.74 Å². The lowest BCUT2D eigenvalue weighted by atomic mass is 9.93. The monoisotopic (exact) mass is 246 g/mol. The van der Waals surface area contributed by atoms with E-state index in [0.717, 1.165) is 31.6 Å². The molecule has 0 spiro atoms. The van der Waals surface area contributed by atoms with Crippen molar-refractivity contribution in [3.05, 3.63) is 41.5 Å². The molecule has 1 unspecified atom stereocenters. The van der Waals surface area contributed by atoms with Gasteiger partial charge in [0.2, 0.25) is 0 Å². The summed E-state index contributed by atoms with van der Waals surface area (Å²) in [5, 5.41) is 0. The molecule has 1 heteroatoms. The van der Waals surface area contributed by atoms with Gasteiger partial charge in [-0.25, -0.2) is 0 Å². The summed E-state index contributed by atoms with van der Waals surface area (Å²) in [5.41, 5.74) is 2.76. The van der Waals surface area contributed by atoms with E-state index in [-0.39, 0.29) is 0 Å². The van der Waals surface area contributed by atoms with Gasteiger partial charge < -0.3 is 4.74 Å². The fourth-order valence-corrected chi connectivity index (χ4v) is 2.10. The van der Waals surface area contributed by atoms with Gasteiger partial charge in [0.15, 0.2) is 0 Å². The average molecular weight is 246 g/mol. The topological polar surface area (TPSA) is 9.23 Å². The third-order valence-corrected chi connectivity index (χ3v) is 3.14. The molecule has 18 heavy (non-hydrogen) atoms. The van der Waals surface area contributed by atoms with Crippen LogP contribution >= 0.6 is 0 Å². The number of hydrogen-bond donors (Lipinski definition) is 0. The maximum atomic E-state index is 5.66. The Morgan fingerprint density at radius 1 is 1.22 bits per heavy atom. The SMILES string of the molecule is CC/C=C\CC(C)c1ccc(OCCC)cc1C. The second-order valence-corrected chi connectivity index (χ2v) is 4.88. The van der Waals surface area contributed by atoms with Gasteiger partial charge in [0.1, 0.15) is 5.75 Å². The minimum atomic E-state index is 0.577. The molecule has 0 aliphatic heterocycles. The number of rotatable bonds is 7. The summed E-state index contributed by atoms with van der Waals surface area (Å²) in [6.45, 7) is 9.56. The van der Waals surface area contributed by atoms with E-state index in [1.165, 1.54) is 11.1 Å². The molecule has 1 nitrogen and oxygen atoms in total. The van der Waals surface area contributed by atoms with Crippen LogP contribution in [0.5, 0.6) is 5.75 Å². The number of aryl methyl sites for hydroxylation is 1. The van der Waals surface area contributed by atoms with E-state index < -0.39 is 0 Å². The second-order valence-electron chi connectivity index (χ2n) is 4.88. The Labute approximate surface area is 112 Å². The lowest BCUT2D eigenvalue weighted by Crippen LogP contribution is -1.99. The molecule has 0 saturated heterocycles. The van der Waals surface area contributed by atoms with E-state index in [1.54, 1.807) is 0 Å². The fourth-order valence-electron chi connectivity index (χ4n) is 2.10. The third-order valence-electron chi connectivity index (χ3n) is 3.14. The molecule has 0 saturated carbocycles. The van der Waals surface area contributed by atoms with Crippen molar-refractivity contribution >= 4 is 0 Å². The predicted molar refractivity (Wildman–Crippen MR) is 79.4 cm³/mol. The lowest BCUT2D eigenvalue weighted by Gasteiger charge is -2.14. The first-order chi connectivity index (χ1) is 8.69. The third kappa shape index (κ3) is 4.56. The number of ether oxygens (including phenoxy) is 1. The van der Waals surface area contributed by atoms with E-state index in [0.29, 0.717) is 5.92 Å². The highest BCUT2D eigenvalue weighted by atomic mass is 16.5. The highest BCUT2D eigenvalue weighted by Crippen LogP contribution is 2.26. The molecule has 0 aliphatic carbocycles. The Balaban J connectivity index is 2.69. The fraction of sp³-hybridized carbons (Fsp3) is 0.529. The van der Waals surface area contributed by atoms with Gasteiger partial charge in [-0.15, -0.1) is 0 Å². The summed E-state index contributed by atoms with van der Waals surface area (Å²) in [5.74, 6) is 1.57. The van der Waals surface area contributed by atoms with Crippen molar-refractivity contribution in [2.24, 2.45) is 0 Å². The number of hydrogen-bond acceptors (Lipinski definition) is 1. The summed E-state index contributed by atoms with van der Waals surface area (Å²) < 4.78 is 5.66. The molecule has 0 radical (unpaired) electrons. The summed E-state index contributed by atoms with van der Waals surface area (Å²) >= 11 is 0. The van der Waals surface area contributed by atoms with Crippen LogP contribution in [0, 0.1) is 6.92 Å². The minimum absolute atomic E-state index is 0.577. The Kier molecular flexibility index (Phi) is 6.56. The highest BCUT2D eigenvalue weighted by molar-refractivity contribution is 5.36. The Morgan fingerprint density at radius 3 is 2.61 bits per heavy atom. The van der Waals surface area contributed by atoms with Crippen LogP contribution in [0.25, 0.3) is 0 Å². The Morgan fingerprint density at radius 2 is 2.00 bits per heavy atom. The Hall–Kier alpha value is -1.24. The van der Waals surface area contributed by atoms with Crippen LogP contribution in [-0.4, -0.2) is 6.61 Å². The van der Waals surface area contributed by atoms with E-state index in [2.05, 4.69) is 58.0 Å². The van der Waals surface area contributed by atoms with Crippen molar-refractivity contribution in [2.75, 3.05) is 6.61 Å². The van der Waals surface area contributed by atoms with Crippen LogP contribution in [0.4, 0.5) is 0 Å². The summed E-state index contributed by atoms with van der Waals surface area (Å²) in [7, 11) is 0. The van der Waals surface area contributed by atoms with Gasteiger partial charge in [0.25, 0.3) is 0 Å². The molecule has 0 aromatic heterocycles. The lowest BCUT2D eigenvalue weighted by molar-refractivity contribution is 0.317. The van der Waals surface area contributed by atoms with Crippen LogP contribution in [0.15, 0.2) is 30.4 Å². The second kappa shape index (κ2) is 7.97. The maximum Gasteiger partial charge on any atom is 0.119 e. The molecule has 0 aliphatic rings. The minimum Gasteiger partial charge on any atom is -0.494 e. The molecular formula is C17H26O. The van der Waals surface area contributed by atoms with Crippen molar-refractivity contribution in [2.45, 2.75) is 52.9 Å². The van der Waals surface area contributed by atoms with Crippen molar-refractivity contribution in [3.8, 4) is 5.75 Å². The zero-order chi connectivity index (χ0) is 13.4. The first kappa shape index (κ1) is 14.8. The Bertz CT molecular complexity index is 379. The maximum absolute atomic E-state index is 5.66. The summed E-state index contributed by atoms with van der Waals surface area (Å²) in [4.78, 5) is 0. The molecule has 100 valence electrons. The predicted octanol–water partition coefficient (Wildman–Crippen LogP) is 5.24. The quantitative estimate of drug-likeness (QED) is 0.597. The zero-order valence-corrected chi connectivity index (χ0v) is 12.2. The summed E-state index contributed by atoms with van der Waals surface area (Å²) in [6.07, 6.45) is 7.81. The van der Waals surface area contributed by atoms with Gasteiger partial charge in [-0.2, -0.15) is 0 Å².